The van der Waals surface area contributed by atoms with Gasteiger partial charge in [-0.1, -0.05) is 25.1 Å². The molecule has 3 heteroatoms. The molecule has 1 amide bonds. The topological polar surface area (TPSA) is 38.3 Å². The van der Waals surface area contributed by atoms with Gasteiger partial charge in [-0.05, 0) is 32.4 Å². The summed E-state index contributed by atoms with van der Waals surface area (Å²) in [6.07, 6.45) is 0.924. The maximum absolute atomic E-state index is 11.8. The zero-order chi connectivity index (χ0) is 12.0. The van der Waals surface area contributed by atoms with Gasteiger partial charge in [0.2, 0.25) is 0 Å². The molecule has 0 aliphatic heterocycles. The zero-order valence-corrected chi connectivity index (χ0v) is 10.1. The third-order valence-corrected chi connectivity index (χ3v) is 2.20. The Hall–Kier alpha value is -1.51. The molecule has 0 radical (unpaired) electrons. The quantitative estimate of drug-likeness (QED) is 0.829. The van der Waals surface area contributed by atoms with Crippen molar-refractivity contribution in [3.8, 4) is 5.75 Å². The van der Waals surface area contributed by atoms with Crippen molar-refractivity contribution in [3.63, 3.8) is 0 Å². The highest BCUT2D eigenvalue weighted by Gasteiger charge is 2.29. The fourth-order valence-corrected chi connectivity index (χ4v) is 1.28. The number of benzene rings is 1. The largest absolute Gasteiger partial charge is 0.478 e. The van der Waals surface area contributed by atoms with E-state index in [2.05, 4.69) is 5.32 Å². The summed E-state index contributed by atoms with van der Waals surface area (Å²) < 4.78 is 5.65. The summed E-state index contributed by atoms with van der Waals surface area (Å²) in [5, 5.41) is 2.83. The highest BCUT2D eigenvalue weighted by molar-refractivity contribution is 5.84. The van der Waals surface area contributed by atoms with Crippen LogP contribution < -0.4 is 10.1 Å². The molecule has 1 N–H and O–H groups in total. The van der Waals surface area contributed by atoms with E-state index in [9.17, 15) is 4.79 Å². The average molecular weight is 221 g/mol. The molecule has 0 unspecified atom stereocenters. The predicted octanol–water partition coefficient (Wildman–Crippen LogP) is 2.37. The molecule has 0 saturated carbocycles. The average Bonchev–Trinajstić information content (AvgIpc) is 2.26. The molecule has 1 rings (SSSR count). The third kappa shape index (κ3) is 3.57. The number of carbonyl (C=O) groups excluding carboxylic acids is 1. The molecule has 0 spiro atoms. The van der Waals surface area contributed by atoms with Crippen LogP contribution in [0.25, 0.3) is 0 Å². The van der Waals surface area contributed by atoms with Crippen LogP contribution in [0.15, 0.2) is 30.3 Å². The molecule has 0 atom stereocenters. The Labute approximate surface area is 96.8 Å². The Bertz CT molecular complexity index is 333. The number of para-hydroxylation sites is 1. The van der Waals surface area contributed by atoms with Crippen molar-refractivity contribution in [1.29, 1.82) is 0 Å². The molecule has 0 heterocycles. The zero-order valence-electron chi connectivity index (χ0n) is 10.1. The minimum atomic E-state index is -0.837. The molecule has 1 aromatic rings. The van der Waals surface area contributed by atoms with Gasteiger partial charge in [-0.25, -0.2) is 0 Å². The van der Waals surface area contributed by atoms with Crippen LogP contribution in [0.3, 0.4) is 0 Å². The van der Waals surface area contributed by atoms with Crippen LogP contribution in [0.5, 0.6) is 5.75 Å². The summed E-state index contributed by atoms with van der Waals surface area (Å²) in [6.45, 7) is 6.24. The first-order valence-electron chi connectivity index (χ1n) is 5.58. The van der Waals surface area contributed by atoms with Gasteiger partial charge in [-0.3, -0.25) is 4.79 Å². The van der Waals surface area contributed by atoms with E-state index < -0.39 is 5.60 Å². The van der Waals surface area contributed by atoms with E-state index in [1.54, 1.807) is 13.8 Å². The molecule has 0 aromatic heterocycles. The standard InChI is InChI=1S/C13H19NO2/c1-4-10-14-12(15)13(2,3)16-11-8-6-5-7-9-11/h5-9H,4,10H2,1-3H3,(H,14,15). The summed E-state index contributed by atoms with van der Waals surface area (Å²) >= 11 is 0. The van der Waals surface area contributed by atoms with E-state index in [1.807, 2.05) is 37.3 Å². The molecule has 88 valence electrons. The van der Waals surface area contributed by atoms with Gasteiger partial charge in [0.05, 0.1) is 0 Å². The lowest BCUT2D eigenvalue weighted by Crippen LogP contribution is -2.46. The Morgan fingerprint density at radius 3 is 2.50 bits per heavy atom. The number of ether oxygens (including phenoxy) is 1. The Balaban J connectivity index is 2.60. The molecule has 0 aliphatic rings. The van der Waals surface area contributed by atoms with E-state index in [4.69, 9.17) is 4.74 Å². The maximum Gasteiger partial charge on any atom is 0.263 e. The van der Waals surface area contributed by atoms with E-state index in [0.717, 1.165) is 6.42 Å². The van der Waals surface area contributed by atoms with E-state index in [0.29, 0.717) is 12.3 Å². The summed E-state index contributed by atoms with van der Waals surface area (Å²) in [4.78, 5) is 11.8. The van der Waals surface area contributed by atoms with Gasteiger partial charge in [-0.2, -0.15) is 0 Å². The van der Waals surface area contributed by atoms with Crippen LogP contribution in [-0.4, -0.2) is 18.1 Å². The minimum Gasteiger partial charge on any atom is -0.478 e. The van der Waals surface area contributed by atoms with Gasteiger partial charge in [0, 0.05) is 6.54 Å². The van der Waals surface area contributed by atoms with Crippen molar-refractivity contribution in [2.75, 3.05) is 6.54 Å². The molecule has 0 aliphatic carbocycles. The van der Waals surface area contributed by atoms with Gasteiger partial charge in [0.15, 0.2) is 5.60 Å². The highest BCUT2D eigenvalue weighted by atomic mass is 16.5. The molecule has 1 aromatic carbocycles. The fourth-order valence-electron chi connectivity index (χ4n) is 1.28. The maximum atomic E-state index is 11.8. The van der Waals surface area contributed by atoms with E-state index in [1.165, 1.54) is 0 Å². The van der Waals surface area contributed by atoms with Crippen molar-refractivity contribution in [2.24, 2.45) is 0 Å². The Morgan fingerprint density at radius 1 is 1.31 bits per heavy atom. The molecule has 16 heavy (non-hydrogen) atoms. The van der Waals surface area contributed by atoms with Crippen LogP contribution in [0.4, 0.5) is 0 Å². The highest BCUT2D eigenvalue weighted by Crippen LogP contribution is 2.17. The van der Waals surface area contributed by atoms with Crippen molar-refractivity contribution < 1.29 is 9.53 Å². The summed E-state index contributed by atoms with van der Waals surface area (Å²) in [5.41, 5.74) is -0.837. The summed E-state index contributed by atoms with van der Waals surface area (Å²) in [5.74, 6) is 0.623. The number of hydrogen-bond donors (Lipinski definition) is 1. The van der Waals surface area contributed by atoms with E-state index >= 15 is 0 Å². The lowest BCUT2D eigenvalue weighted by molar-refractivity contribution is -0.134. The fraction of sp³-hybridized carbons (Fsp3) is 0.462. The van der Waals surface area contributed by atoms with Crippen LogP contribution in [0.2, 0.25) is 0 Å². The lowest BCUT2D eigenvalue weighted by Gasteiger charge is -2.25. The van der Waals surface area contributed by atoms with Gasteiger partial charge < -0.3 is 10.1 Å². The second kappa shape index (κ2) is 5.54. The van der Waals surface area contributed by atoms with Crippen molar-refractivity contribution >= 4 is 5.91 Å². The van der Waals surface area contributed by atoms with Gasteiger partial charge in [0.1, 0.15) is 5.75 Å². The van der Waals surface area contributed by atoms with Crippen molar-refractivity contribution in [3.05, 3.63) is 30.3 Å². The number of rotatable bonds is 5. The smallest absolute Gasteiger partial charge is 0.263 e. The first kappa shape index (κ1) is 12.6. The Kier molecular flexibility index (Phi) is 4.35. The van der Waals surface area contributed by atoms with Crippen LogP contribution in [0.1, 0.15) is 27.2 Å². The number of hydrogen-bond acceptors (Lipinski definition) is 2. The van der Waals surface area contributed by atoms with Gasteiger partial charge in [0.25, 0.3) is 5.91 Å². The molecule has 0 bridgehead atoms. The number of carbonyl (C=O) groups is 1. The molecule has 3 nitrogen and oxygen atoms in total. The molecule has 0 fully saturated rings. The number of amides is 1. The van der Waals surface area contributed by atoms with E-state index in [-0.39, 0.29) is 5.91 Å². The summed E-state index contributed by atoms with van der Waals surface area (Å²) in [7, 11) is 0. The van der Waals surface area contributed by atoms with Crippen molar-refractivity contribution in [2.45, 2.75) is 32.8 Å². The lowest BCUT2D eigenvalue weighted by atomic mass is 10.1. The SMILES string of the molecule is CCCNC(=O)C(C)(C)Oc1ccccc1. The third-order valence-electron chi connectivity index (χ3n) is 2.20. The van der Waals surface area contributed by atoms with Gasteiger partial charge >= 0.3 is 0 Å². The molecular weight excluding hydrogens is 202 g/mol. The normalized spacial score (nSPS) is 10.9. The molecule has 0 saturated heterocycles. The van der Waals surface area contributed by atoms with Crippen LogP contribution in [-0.2, 0) is 4.79 Å². The van der Waals surface area contributed by atoms with Gasteiger partial charge in [-0.15, -0.1) is 0 Å². The van der Waals surface area contributed by atoms with Crippen LogP contribution in [0, 0.1) is 0 Å². The number of nitrogens with one attached hydrogen (secondary N) is 1. The first-order valence-corrected chi connectivity index (χ1v) is 5.58. The van der Waals surface area contributed by atoms with Crippen LogP contribution >= 0.6 is 0 Å². The second-order valence-corrected chi connectivity index (χ2v) is 4.18. The Morgan fingerprint density at radius 2 is 1.94 bits per heavy atom. The minimum absolute atomic E-state index is 0.0850. The monoisotopic (exact) mass is 221 g/mol. The first-order chi connectivity index (χ1) is 7.56. The second-order valence-electron chi connectivity index (χ2n) is 4.18. The van der Waals surface area contributed by atoms with Crippen molar-refractivity contribution in [1.82, 2.24) is 5.32 Å². The molecular formula is C13H19NO2. The predicted molar refractivity (Wildman–Crippen MR) is 64.4 cm³/mol. The summed E-state index contributed by atoms with van der Waals surface area (Å²) in [6, 6.07) is 9.37.